The van der Waals surface area contributed by atoms with Gasteiger partial charge in [-0.1, -0.05) is 34.0 Å². The van der Waals surface area contributed by atoms with E-state index < -0.39 is 0 Å². The minimum atomic E-state index is -0.173. The smallest absolute Gasteiger partial charge is 0.128 e. The molecule has 0 saturated heterocycles. The third kappa shape index (κ3) is 2.08. The summed E-state index contributed by atoms with van der Waals surface area (Å²) in [6, 6.07) is 3.21. The largest absolute Gasteiger partial charge is 0.207 e. The second kappa shape index (κ2) is 4.50. The molecule has 0 aromatic heterocycles. The Bertz CT molecular complexity index is 453. The Balaban J connectivity index is 1.87. The van der Waals surface area contributed by atoms with E-state index in [1.54, 1.807) is 6.07 Å². The molecule has 2 aliphatic carbocycles. The summed E-state index contributed by atoms with van der Waals surface area (Å²) >= 11 is 12.9. The zero-order valence-corrected chi connectivity index (χ0v) is 13.0. The topological polar surface area (TPSA) is 0 Å². The molecule has 3 atom stereocenters. The first-order valence-corrected chi connectivity index (χ1v) is 7.97. The molecule has 17 heavy (non-hydrogen) atoms. The van der Waals surface area contributed by atoms with Crippen molar-refractivity contribution in [2.75, 3.05) is 0 Å². The van der Waals surface area contributed by atoms with Gasteiger partial charge in [0.2, 0.25) is 0 Å². The van der Waals surface area contributed by atoms with Crippen molar-refractivity contribution in [3.05, 3.63) is 33.0 Å². The van der Waals surface area contributed by atoms with Crippen LogP contribution >= 0.6 is 43.5 Å². The standard InChI is InChI=1S/C13H12Br2ClF/c14-9-5-11(17)8(4-10(9)16)13(15)12-6-2-1-3-7(6)12/h4-7,12-13H,1-3H2. The number of hydrogen-bond donors (Lipinski definition) is 0. The van der Waals surface area contributed by atoms with Crippen LogP contribution in [-0.2, 0) is 0 Å². The van der Waals surface area contributed by atoms with Crippen molar-refractivity contribution in [3.63, 3.8) is 0 Å². The van der Waals surface area contributed by atoms with Crippen molar-refractivity contribution >= 4 is 43.5 Å². The molecular weight excluding hydrogens is 370 g/mol. The minimum Gasteiger partial charge on any atom is -0.207 e. The SMILES string of the molecule is Fc1cc(Br)c(Cl)cc1C(Br)C1C2CCCC21. The lowest BCUT2D eigenvalue weighted by Gasteiger charge is -2.14. The highest BCUT2D eigenvalue weighted by atomic mass is 79.9. The number of halogens is 4. The maximum Gasteiger partial charge on any atom is 0.128 e. The summed E-state index contributed by atoms with van der Waals surface area (Å²) in [6.07, 6.45) is 3.96. The van der Waals surface area contributed by atoms with E-state index in [2.05, 4.69) is 31.9 Å². The average Bonchev–Trinajstić information content (AvgIpc) is 2.76. The van der Waals surface area contributed by atoms with Crippen molar-refractivity contribution in [3.8, 4) is 0 Å². The molecule has 2 aliphatic rings. The Labute approximate surface area is 122 Å². The predicted octanol–water partition coefficient (Wildman–Crippen LogP) is 5.72. The Kier molecular flexibility index (Phi) is 3.29. The Morgan fingerprint density at radius 1 is 1.29 bits per heavy atom. The number of fused-ring (bicyclic) bond motifs is 1. The third-order valence-electron chi connectivity index (χ3n) is 4.15. The van der Waals surface area contributed by atoms with Crippen LogP contribution in [-0.4, -0.2) is 0 Å². The van der Waals surface area contributed by atoms with Crippen LogP contribution in [0, 0.1) is 23.6 Å². The molecule has 1 aromatic rings. The Morgan fingerprint density at radius 2 is 1.94 bits per heavy atom. The molecule has 0 heterocycles. The second-order valence-corrected chi connectivity index (χ2v) is 7.27. The van der Waals surface area contributed by atoms with Crippen LogP contribution in [0.15, 0.2) is 16.6 Å². The first kappa shape index (κ1) is 12.4. The fraction of sp³-hybridized carbons (Fsp3) is 0.538. The minimum absolute atomic E-state index is 0.114. The van der Waals surface area contributed by atoms with Gasteiger partial charge in [0.05, 0.1) is 5.02 Å². The first-order valence-electron chi connectivity index (χ1n) is 5.88. The van der Waals surface area contributed by atoms with Crippen molar-refractivity contribution in [1.29, 1.82) is 0 Å². The predicted molar refractivity (Wildman–Crippen MR) is 75.1 cm³/mol. The van der Waals surface area contributed by atoms with Crippen LogP contribution in [0.3, 0.4) is 0 Å². The van der Waals surface area contributed by atoms with Gasteiger partial charge < -0.3 is 0 Å². The van der Waals surface area contributed by atoms with Crippen LogP contribution in [0.1, 0.15) is 29.7 Å². The van der Waals surface area contributed by atoms with Gasteiger partial charge in [0, 0.05) is 14.9 Å². The molecule has 4 heteroatoms. The van der Waals surface area contributed by atoms with Crippen molar-refractivity contribution < 1.29 is 4.39 Å². The van der Waals surface area contributed by atoms with Crippen molar-refractivity contribution in [1.82, 2.24) is 0 Å². The molecule has 0 aliphatic heterocycles. The highest BCUT2D eigenvalue weighted by Crippen LogP contribution is 2.64. The zero-order valence-electron chi connectivity index (χ0n) is 9.10. The molecular formula is C13H12Br2ClF. The van der Waals surface area contributed by atoms with E-state index >= 15 is 0 Å². The Hall–Kier alpha value is 0.400. The van der Waals surface area contributed by atoms with Crippen LogP contribution in [0.4, 0.5) is 4.39 Å². The van der Waals surface area contributed by atoms with Gasteiger partial charge >= 0.3 is 0 Å². The first-order chi connectivity index (χ1) is 8.09. The zero-order chi connectivity index (χ0) is 12.2. The summed E-state index contributed by atoms with van der Waals surface area (Å²) in [7, 11) is 0. The third-order valence-corrected chi connectivity index (χ3v) is 6.45. The fourth-order valence-electron chi connectivity index (χ4n) is 3.27. The van der Waals surface area contributed by atoms with E-state index in [4.69, 9.17) is 11.6 Å². The number of benzene rings is 1. The van der Waals surface area contributed by atoms with Crippen LogP contribution in [0.2, 0.25) is 5.02 Å². The van der Waals surface area contributed by atoms with Crippen LogP contribution < -0.4 is 0 Å². The molecule has 0 nitrogen and oxygen atoms in total. The highest BCUT2D eigenvalue weighted by Gasteiger charge is 2.55. The van der Waals surface area contributed by atoms with E-state index in [1.807, 2.05) is 0 Å². The average molecular weight is 382 g/mol. The second-order valence-electron chi connectivity index (χ2n) is 5.03. The molecule has 2 fully saturated rings. The summed E-state index contributed by atoms with van der Waals surface area (Å²) in [5.41, 5.74) is 0.706. The fourth-order valence-corrected chi connectivity index (χ4v) is 4.89. The van der Waals surface area contributed by atoms with E-state index in [0.717, 1.165) is 11.8 Å². The molecule has 0 bridgehead atoms. The Morgan fingerprint density at radius 3 is 2.59 bits per heavy atom. The van der Waals surface area contributed by atoms with Gasteiger partial charge in [-0.25, -0.2) is 4.39 Å². The number of alkyl halides is 1. The van der Waals surface area contributed by atoms with Crippen molar-refractivity contribution in [2.45, 2.75) is 24.1 Å². The molecule has 1 aromatic carbocycles. The summed E-state index contributed by atoms with van der Waals surface area (Å²) < 4.78 is 14.5. The summed E-state index contributed by atoms with van der Waals surface area (Å²) in [5, 5.41) is 0.580. The maximum atomic E-state index is 13.9. The van der Waals surface area contributed by atoms with Gasteiger partial charge in [0.25, 0.3) is 0 Å². The van der Waals surface area contributed by atoms with Gasteiger partial charge in [0.15, 0.2) is 0 Å². The summed E-state index contributed by atoms with van der Waals surface area (Å²) in [5.74, 6) is 2.05. The molecule has 3 unspecified atom stereocenters. The molecule has 0 N–H and O–H groups in total. The van der Waals surface area contributed by atoms with Gasteiger partial charge in [-0.2, -0.15) is 0 Å². The quantitative estimate of drug-likeness (QED) is 0.453. The lowest BCUT2D eigenvalue weighted by atomic mass is 10.0. The molecule has 0 amide bonds. The van der Waals surface area contributed by atoms with E-state index in [1.165, 1.54) is 25.3 Å². The lowest BCUT2D eigenvalue weighted by Crippen LogP contribution is -2.01. The molecule has 3 rings (SSSR count). The number of hydrogen-bond acceptors (Lipinski definition) is 0. The maximum absolute atomic E-state index is 13.9. The number of rotatable bonds is 2. The van der Waals surface area contributed by atoms with Gasteiger partial charge in [-0.3, -0.25) is 0 Å². The summed E-state index contributed by atoms with van der Waals surface area (Å²) in [6.45, 7) is 0. The highest BCUT2D eigenvalue weighted by molar-refractivity contribution is 9.10. The van der Waals surface area contributed by atoms with Crippen LogP contribution in [0.5, 0.6) is 0 Å². The summed E-state index contributed by atoms with van der Waals surface area (Å²) in [4.78, 5) is 0.114. The monoisotopic (exact) mass is 380 g/mol. The van der Waals surface area contributed by atoms with Gasteiger partial charge in [0.1, 0.15) is 5.82 Å². The lowest BCUT2D eigenvalue weighted by molar-refractivity contribution is 0.553. The normalized spacial score (nSPS) is 32.4. The van der Waals surface area contributed by atoms with Crippen LogP contribution in [0.25, 0.3) is 0 Å². The van der Waals surface area contributed by atoms with Gasteiger partial charge in [-0.15, -0.1) is 0 Å². The molecule has 0 radical (unpaired) electrons. The molecule has 0 spiro atoms. The van der Waals surface area contributed by atoms with Gasteiger partial charge in [-0.05, 0) is 58.7 Å². The van der Waals surface area contributed by atoms with E-state index in [-0.39, 0.29) is 10.6 Å². The molecule has 92 valence electrons. The molecule has 2 saturated carbocycles. The van der Waals surface area contributed by atoms with Crippen molar-refractivity contribution in [2.24, 2.45) is 17.8 Å². The van der Waals surface area contributed by atoms with E-state index in [9.17, 15) is 4.39 Å². The van der Waals surface area contributed by atoms with E-state index in [0.29, 0.717) is 21.0 Å².